The molecule has 2 nitrogen and oxygen atoms in total. The van der Waals surface area contributed by atoms with Crippen molar-refractivity contribution in [3.63, 3.8) is 0 Å². The summed E-state index contributed by atoms with van der Waals surface area (Å²) in [6, 6.07) is 7.68. The van der Waals surface area contributed by atoms with E-state index in [9.17, 15) is 4.79 Å². The Morgan fingerprint density at radius 1 is 1.29 bits per heavy atom. The van der Waals surface area contributed by atoms with Crippen LogP contribution in [0, 0.1) is 0 Å². The molecule has 1 aromatic rings. The van der Waals surface area contributed by atoms with Gasteiger partial charge in [-0.3, -0.25) is 4.79 Å². The van der Waals surface area contributed by atoms with Crippen LogP contribution in [0.2, 0.25) is 5.02 Å². The van der Waals surface area contributed by atoms with Crippen LogP contribution in [0.15, 0.2) is 24.3 Å². The van der Waals surface area contributed by atoms with Crippen molar-refractivity contribution in [2.75, 3.05) is 6.54 Å². The van der Waals surface area contributed by atoms with Gasteiger partial charge >= 0.3 is 0 Å². The maximum atomic E-state index is 11.9. The average molecular weight is 252 g/mol. The second-order valence-corrected chi connectivity index (χ2v) is 5.05. The van der Waals surface area contributed by atoms with Crippen LogP contribution in [0.5, 0.6) is 0 Å². The minimum Gasteiger partial charge on any atom is -0.314 e. The van der Waals surface area contributed by atoms with Gasteiger partial charge in [0, 0.05) is 23.0 Å². The first-order valence-electron chi connectivity index (χ1n) is 6.28. The van der Waals surface area contributed by atoms with Crippen molar-refractivity contribution in [3.8, 4) is 0 Å². The third-order valence-electron chi connectivity index (χ3n) is 3.30. The Morgan fingerprint density at radius 3 is 2.71 bits per heavy atom. The second-order valence-electron chi connectivity index (χ2n) is 4.62. The number of carbonyl (C=O) groups is 1. The van der Waals surface area contributed by atoms with Crippen molar-refractivity contribution in [1.82, 2.24) is 5.32 Å². The van der Waals surface area contributed by atoms with E-state index in [1.165, 1.54) is 19.3 Å². The molecule has 0 spiro atoms. The summed E-state index contributed by atoms with van der Waals surface area (Å²) < 4.78 is 0. The zero-order valence-electron chi connectivity index (χ0n) is 9.92. The molecule has 3 heteroatoms. The van der Waals surface area contributed by atoms with E-state index in [1.54, 1.807) is 24.3 Å². The van der Waals surface area contributed by atoms with Crippen molar-refractivity contribution in [2.45, 2.75) is 38.1 Å². The van der Waals surface area contributed by atoms with Gasteiger partial charge in [-0.1, -0.05) is 18.0 Å². The molecule has 1 aliphatic heterocycles. The molecule has 0 saturated carbocycles. The summed E-state index contributed by atoms with van der Waals surface area (Å²) in [6.07, 6.45) is 5.32. The lowest BCUT2D eigenvalue weighted by atomic mass is 9.97. The fourth-order valence-corrected chi connectivity index (χ4v) is 2.38. The number of nitrogens with one attached hydrogen (secondary N) is 1. The molecule has 17 heavy (non-hydrogen) atoms. The Bertz CT molecular complexity index is 368. The van der Waals surface area contributed by atoms with Crippen molar-refractivity contribution < 1.29 is 4.79 Å². The highest BCUT2D eigenvalue weighted by molar-refractivity contribution is 6.30. The van der Waals surface area contributed by atoms with Crippen molar-refractivity contribution in [1.29, 1.82) is 0 Å². The van der Waals surface area contributed by atoms with Gasteiger partial charge in [0.2, 0.25) is 0 Å². The number of benzene rings is 1. The number of hydrogen-bond acceptors (Lipinski definition) is 2. The molecule has 0 radical (unpaired) electrons. The Morgan fingerprint density at radius 2 is 2.06 bits per heavy atom. The summed E-state index contributed by atoms with van der Waals surface area (Å²) in [5.74, 6) is 0.217. The number of Topliss-reactive ketones (excluding diaryl/α,β-unsaturated/α-hetero) is 1. The van der Waals surface area contributed by atoms with Crippen LogP contribution in [0.4, 0.5) is 0 Å². The molecule has 92 valence electrons. The topological polar surface area (TPSA) is 29.1 Å². The lowest BCUT2D eigenvalue weighted by Crippen LogP contribution is -2.34. The van der Waals surface area contributed by atoms with Crippen molar-refractivity contribution >= 4 is 17.4 Å². The lowest BCUT2D eigenvalue weighted by molar-refractivity contribution is 0.0974. The zero-order valence-corrected chi connectivity index (χ0v) is 10.7. The summed E-state index contributed by atoms with van der Waals surface area (Å²) in [5, 5.41) is 4.14. The summed E-state index contributed by atoms with van der Waals surface area (Å²) in [7, 11) is 0. The van der Waals surface area contributed by atoms with E-state index in [-0.39, 0.29) is 5.78 Å². The highest BCUT2D eigenvalue weighted by Gasteiger charge is 2.14. The van der Waals surface area contributed by atoms with E-state index in [2.05, 4.69) is 5.32 Å². The fraction of sp³-hybridized carbons (Fsp3) is 0.500. The standard InChI is InChI=1S/C14H18ClNO/c15-12-6-4-11(5-7-12)14(17)9-8-13-3-1-2-10-16-13/h4-7,13,16H,1-3,8-10H2. The van der Waals surface area contributed by atoms with E-state index < -0.39 is 0 Å². The Hall–Kier alpha value is -0.860. The third kappa shape index (κ3) is 3.83. The molecule has 2 rings (SSSR count). The van der Waals surface area contributed by atoms with Gasteiger partial charge in [-0.05, 0) is 50.1 Å². The molecule has 0 amide bonds. The summed E-state index contributed by atoms with van der Waals surface area (Å²) in [6.45, 7) is 1.10. The quantitative estimate of drug-likeness (QED) is 0.831. The minimum atomic E-state index is 0.217. The molecule has 1 heterocycles. The van der Waals surface area contributed by atoms with Gasteiger partial charge in [0.1, 0.15) is 0 Å². The van der Waals surface area contributed by atoms with E-state index in [0.29, 0.717) is 17.5 Å². The van der Waals surface area contributed by atoms with E-state index >= 15 is 0 Å². The molecule has 0 bridgehead atoms. The number of rotatable bonds is 4. The van der Waals surface area contributed by atoms with E-state index in [1.807, 2.05) is 0 Å². The highest BCUT2D eigenvalue weighted by atomic mass is 35.5. The van der Waals surface area contributed by atoms with Crippen LogP contribution in [-0.2, 0) is 0 Å². The number of halogens is 1. The number of hydrogen-bond donors (Lipinski definition) is 1. The predicted octanol–water partition coefficient (Wildman–Crippen LogP) is 3.45. The zero-order chi connectivity index (χ0) is 12.1. The molecule has 1 atom stereocenters. The predicted molar refractivity (Wildman–Crippen MR) is 70.7 cm³/mol. The third-order valence-corrected chi connectivity index (χ3v) is 3.55. The Kier molecular flexibility index (Phi) is 4.57. The van der Waals surface area contributed by atoms with Gasteiger partial charge in [0.05, 0.1) is 0 Å². The molecule has 0 aromatic heterocycles. The molecule has 1 unspecified atom stereocenters. The van der Waals surface area contributed by atoms with E-state index in [0.717, 1.165) is 18.5 Å². The maximum absolute atomic E-state index is 11.9. The van der Waals surface area contributed by atoms with Gasteiger partial charge in [-0.15, -0.1) is 0 Å². The summed E-state index contributed by atoms with van der Waals surface area (Å²) in [5.41, 5.74) is 0.769. The first-order valence-corrected chi connectivity index (χ1v) is 6.65. The molecule has 1 saturated heterocycles. The number of carbonyl (C=O) groups excluding carboxylic acids is 1. The van der Waals surface area contributed by atoms with Crippen LogP contribution in [-0.4, -0.2) is 18.4 Å². The monoisotopic (exact) mass is 251 g/mol. The molecule has 1 fully saturated rings. The average Bonchev–Trinajstić information content (AvgIpc) is 2.38. The normalized spacial score (nSPS) is 20.2. The smallest absolute Gasteiger partial charge is 0.162 e. The molecular formula is C14H18ClNO. The molecule has 1 N–H and O–H groups in total. The fourth-order valence-electron chi connectivity index (χ4n) is 2.26. The minimum absolute atomic E-state index is 0.217. The number of piperidine rings is 1. The van der Waals surface area contributed by atoms with E-state index in [4.69, 9.17) is 11.6 Å². The largest absolute Gasteiger partial charge is 0.314 e. The van der Waals surface area contributed by atoms with Crippen LogP contribution < -0.4 is 5.32 Å². The summed E-state index contributed by atoms with van der Waals surface area (Å²) >= 11 is 5.79. The SMILES string of the molecule is O=C(CCC1CCCCN1)c1ccc(Cl)cc1. The van der Waals surface area contributed by atoms with Crippen LogP contribution in [0.25, 0.3) is 0 Å². The van der Waals surface area contributed by atoms with Crippen LogP contribution in [0.3, 0.4) is 0 Å². The molecule has 0 aliphatic carbocycles. The Labute approximate surface area is 107 Å². The first-order chi connectivity index (χ1) is 8.25. The molecular weight excluding hydrogens is 234 g/mol. The van der Waals surface area contributed by atoms with Crippen molar-refractivity contribution in [3.05, 3.63) is 34.9 Å². The van der Waals surface area contributed by atoms with Gasteiger partial charge in [-0.2, -0.15) is 0 Å². The second kappa shape index (κ2) is 6.18. The highest BCUT2D eigenvalue weighted by Crippen LogP contribution is 2.15. The van der Waals surface area contributed by atoms with Gasteiger partial charge in [0.15, 0.2) is 5.78 Å². The van der Waals surface area contributed by atoms with Gasteiger partial charge < -0.3 is 5.32 Å². The van der Waals surface area contributed by atoms with Crippen LogP contribution in [0.1, 0.15) is 42.5 Å². The van der Waals surface area contributed by atoms with Crippen LogP contribution >= 0.6 is 11.6 Å². The lowest BCUT2D eigenvalue weighted by Gasteiger charge is -2.22. The van der Waals surface area contributed by atoms with Gasteiger partial charge in [-0.25, -0.2) is 0 Å². The maximum Gasteiger partial charge on any atom is 0.162 e. The Balaban J connectivity index is 1.82. The molecule has 1 aromatic carbocycles. The van der Waals surface area contributed by atoms with Gasteiger partial charge in [0.25, 0.3) is 0 Å². The first kappa shape index (κ1) is 12.6. The van der Waals surface area contributed by atoms with Crippen molar-refractivity contribution in [2.24, 2.45) is 0 Å². The summed E-state index contributed by atoms with van der Waals surface area (Å²) in [4.78, 5) is 11.9. The molecule has 1 aliphatic rings. The number of ketones is 1.